The molecule has 1 saturated heterocycles. The summed E-state index contributed by atoms with van der Waals surface area (Å²) in [6.07, 6.45) is 1.04. The molecule has 2 aromatic rings. The number of rotatable bonds is 4. The van der Waals surface area contributed by atoms with Crippen molar-refractivity contribution in [2.24, 2.45) is 0 Å². The molecular weight excluding hydrogens is 373 g/mol. The molecule has 0 atom stereocenters. The highest BCUT2D eigenvalue weighted by atomic mass is 32.2. The van der Waals surface area contributed by atoms with E-state index in [9.17, 15) is 17.6 Å². The van der Waals surface area contributed by atoms with Crippen molar-refractivity contribution in [2.75, 3.05) is 27.2 Å². The fourth-order valence-electron chi connectivity index (χ4n) is 3.12. The summed E-state index contributed by atoms with van der Waals surface area (Å²) in [5.74, 6) is 0.0401. The van der Waals surface area contributed by atoms with Crippen LogP contribution < -0.4 is 0 Å². The Kier molecular flexibility index (Phi) is 5.34. The third kappa shape index (κ3) is 3.89. The number of amides is 1. The van der Waals surface area contributed by atoms with Gasteiger partial charge in [-0.15, -0.1) is 0 Å². The SMILES string of the molecule is Cc1oc(C2CCN(S(=O)(=O)c3cccc(F)c3)CC2)nc1C(=O)N(C)C. The van der Waals surface area contributed by atoms with Crippen molar-refractivity contribution in [2.45, 2.75) is 30.6 Å². The molecule has 1 fully saturated rings. The van der Waals surface area contributed by atoms with E-state index in [1.165, 1.54) is 27.4 Å². The van der Waals surface area contributed by atoms with Crippen LogP contribution >= 0.6 is 0 Å². The highest BCUT2D eigenvalue weighted by Gasteiger charge is 2.33. The smallest absolute Gasteiger partial charge is 0.275 e. The molecule has 1 aromatic heterocycles. The molecule has 146 valence electrons. The van der Waals surface area contributed by atoms with Gasteiger partial charge in [0.2, 0.25) is 10.0 Å². The first-order chi connectivity index (χ1) is 12.7. The first-order valence-corrected chi connectivity index (χ1v) is 10.1. The van der Waals surface area contributed by atoms with Crippen molar-refractivity contribution < 1.29 is 22.0 Å². The van der Waals surface area contributed by atoms with Crippen LogP contribution in [-0.2, 0) is 10.0 Å². The number of halogens is 1. The highest BCUT2D eigenvalue weighted by molar-refractivity contribution is 7.89. The van der Waals surface area contributed by atoms with E-state index in [1.807, 2.05) is 0 Å². The number of carbonyl (C=O) groups is 1. The number of nitrogens with zero attached hydrogens (tertiary/aromatic N) is 3. The Morgan fingerprint density at radius 3 is 2.56 bits per heavy atom. The monoisotopic (exact) mass is 395 g/mol. The standard InChI is InChI=1S/C18H22FN3O4S/c1-12-16(18(23)21(2)3)20-17(26-12)13-7-9-22(10-8-13)27(24,25)15-6-4-5-14(19)11-15/h4-6,11,13H,7-10H2,1-3H3. The number of aryl methyl sites for hydroxylation is 1. The van der Waals surface area contributed by atoms with Crippen molar-refractivity contribution in [1.29, 1.82) is 0 Å². The summed E-state index contributed by atoms with van der Waals surface area (Å²) in [5, 5.41) is 0. The van der Waals surface area contributed by atoms with Crippen molar-refractivity contribution in [3.8, 4) is 0 Å². The summed E-state index contributed by atoms with van der Waals surface area (Å²) in [5.41, 5.74) is 0.282. The normalized spacial score (nSPS) is 16.4. The molecule has 0 bridgehead atoms. The van der Waals surface area contributed by atoms with Gasteiger partial charge in [-0.2, -0.15) is 4.31 Å². The topological polar surface area (TPSA) is 83.7 Å². The van der Waals surface area contributed by atoms with E-state index in [-0.39, 0.29) is 35.5 Å². The molecule has 2 heterocycles. The third-order valence-corrected chi connectivity index (χ3v) is 6.55. The summed E-state index contributed by atoms with van der Waals surface area (Å²) in [6, 6.07) is 5.01. The van der Waals surface area contributed by atoms with Crippen LogP contribution in [0.1, 0.15) is 40.9 Å². The number of carbonyl (C=O) groups excluding carboxylic acids is 1. The van der Waals surface area contributed by atoms with Crippen molar-refractivity contribution in [3.63, 3.8) is 0 Å². The molecule has 1 aromatic carbocycles. The maximum atomic E-state index is 13.4. The number of piperidine rings is 1. The lowest BCUT2D eigenvalue weighted by Crippen LogP contribution is -2.38. The molecule has 0 unspecified atom stereocenters. The molecule has 0 radical (unpaired) electrons. The minimum Gasteiger partial charge on any atom is -0.445 e. The first-order valence-electron chi connectivity index (χ1n) is 8.65. The molecular formula is C18H22FN3O4S. The fraction of sp³-hybridized carbons (Fsp3) is 0.444. The van der Waals surface area contributed by atoms with E-state index in [2.05, 4.69) is 4.98 Å². The van der Waals surface area contributed by atoms with E-state index in [0.717, 1.165) is 6.07 Å². The van der Waals surface area contributed by atoms with E-state index in [0.29, 0.717) is 24.5 Å². The lowest BCUT2D eigenvalue weighted by Gasteiger charge is -2.29. The van der Waals surface area contributed by atoms with Gasteiger partial charge in [0.1, 0.15) is 11.6 Å². The maximum absolute atomic E-state index is 13.4. The molecule has 0 saturated carbocycles. The van der Waals surface area contributed by atoms with Crippen LogP contribution in [0, 0.1) is 12.7 Å². The number of hydrogen-bond donors (Lipinski definition) is 0. The average molecular weight is 395 g/mol. The zero-order chi connectivity index (χ0) is 19.8. The van der Waals surface area contributed by atoms with Gasteiger partial charge in [0.15, 0.2) is 11.6 Å². The summed E-state index contributed by atoms with van der Waals surface area (Å²) in [7, 11) is -0.447. The Bertz CT molecular complexity index is 947. The molecule has 1 aliphatic rings. The Morgan fingerprint density at radius 1 is 1.30 bits per heavy atom. The number of aromatic nitrogens is 1. The van der Waals surface area contributed by atoms with Crippen LogP contribution in [0.5, 0.6) is 0 Å². The minimum atomic E-state index is -3.74. The van der Waals surface area contributed by atoms with Crippen molar-refractivity contribution >= 4 is 15.9 Å². The molecule has 1 amide bonds. The predicted octanol–water partition coefficient (Wildman–Crippen LogP) is 2.39. The molecule has 0 aliphatic carbocycles. The van der Waals surface area contributed by atoms with Gasteiger partial charge in [-0.25, -0.2) is 17.8 Å². The molecule has 3 rings (SSSR count). The molecule has 9 heteroatoms. The molecule has 1 aliphatic heterocycles. The van der Waals surface area contributed by atoms with E-state index >= 15 is 0 Å². The number of hydrogen-bond acceptors (Lipinski definition) is 5. The highest BCUT2D eigenvalue weighted by Crippen LogP contribution is 2.31. The molecule has 7 nitrogen and oxygen atoms in total. The van der Waals surface area contributed by atoms with Gasteiger partial charge < -0.3 is 9.32 Å². The van der Waals surface area contributed by atoms with Gasteiger partial charge in [0.25, 0.3) is 5.91 Å². The second kappa shape index (κ2) is 7.40. The van der Waals surface area contributed by atoms with Crippen LogP contribution in [0.3, 0.4) is 0 Å². The molecule has 27 heavy (non-hydrogen) atoms. The van der Waals surface area contributed by atoms with E-state index < -0.39 is 15.8 Å². The Morgan fingerprint density at radius 2 is 1.96 bits per heavy atom. The lowest BCUT2D eigenvalue weighted by atomic mass is 9.98. The molecule has 0 N–H and O–H groups in total. The van der Waals surface area contributed by atoms with Gasteiger partial charge in [-0.05, 0) is 38.0 Å². The molecule has 0 spiro atoms. The van der Waals surface area contributed by atoms with Gasteiger partial charge in [-0.3, -0.25) is 4.79 Å². The summed E-state index contributed by atoms with van der Waals surface area (Å²) in [4.78, 5) is 17.8. The predicted molar refractivity (Wildman–Crippen MR) is 96.4 cm³/mol. The van der Waals surface area contributed by atoms with Crippen LogP contribution in [0.25, 0.3) is 0 Å². The summed E-state index contributed by atoms with van der Waals surface area (Å²) >= 11 is 0. The minimum absolute atomic E-state index is 0.0493. The number of oxazole rings is 1. The van der Waals surface area contributed by atoms with Gasteiger partial charge in [-0.1, -0.05) is 6.07 Å². The van der Waals surface area contributed by atoms with Crippen LogP contribution in [0.4, 0.5) is 4.39 Å². The van der Waals surface area contributed by atoms with Crippen LogP contribution in [0.2, 0.25) is 0 Å². The van der Waals surface area contributed by atoms with Crippen LogP contribution in [0.15, 0.2) is 33.6 Å². The first kappa shape index (κ1) is 19.5. The van der Waals surface area contributed by atoms with Gasteiger partial charge in [0.05, 0.1) is 4.90 Å². The average Bonchev–Trinajstić information content (AvgIpc) is 3.02. The third-order valence-electron chi connectivity index (χ3n) is 4.66. The summed E-state index contributed by atoms with van der Waals surface area (Å²) < 4.78 is 45.7. The van der Waals surface area contributed by atoms with Crippen molar-refractivity contribution in [1.82, 2.24) is 14.2 Å². The quantitative estimate of drug-likeness (QED) is 0.794. The number of benzene rings is 1. The summed E-state index contributed by atoms with van der Waals surface area (Å²) in [6.45, 7) is 2.25. The van der Waals surface area contributed by atoms with Crippen LogP contribution in [-0.4, -0.2) is 55.7 Å². The zero-order valence-corrected chi connectivity index (χ0v) is 16.3. The second-order valence-electron chi connectivity index (χ2n) is 6.79. The number of sulfonamides is 1. The fourth-order valence-corrected chi connectivity index (χ4v) is 4.62. The Labute approximate surface area is 157 Å². The van der Waals surface area contributed by atoms with Gasteiger partial charge >= 0.3 is 0 Å². The maximum Gasteiger partial charge on any atom is 0.275 e. The lowest BCUT2D eigenvalue weighted by molar-refractivity contribution is 0.0821. The Balaban J connectivity index is 1.72. The Hall–Kier alpha value is -2.26. The van der Waals surface area contributed by atoms with E-state index in [1.54, 1.807) is 21.0 Å². The van der Waals surface area contributed by atoms with Gasteiger partial charge in [0, 0.05) is 33.1 Å². The largest absolute Gasteiger partial charge is 0.445 e. The van der Waals surface area contributed by atoms with E-state index in [4.69, 9.17) is 4.42 Å². The zero-order valence-electron chi connectivity index (χ0n) is 15.5. The second-order valence-corrected chi connectivity index (χ2v) is 8.73. The van der Waals surface area contributed by atoms with Crippen molar-refractivity contribution in [3.05, 3.63) is 47.4 Å².